The predicted octanol–water partition coefficient (Wildman–Crippen LogP) is 2.45. The lowest BCUT2D eigenvalue weighted by molar-refractivity contribution is 0.281. The van der Waals surface area contributed by atoms with Gasteiger partial charge in [0.1, 0.15) is 5.52 Å². The smallest absolute Gasteiger partial charge is 0.268 e. The zero-order chi connectivity index (χ0) is 17.8. The first kappa shape index (κ1) is 17.7. The topological polar surface area (TPSA) is 104 Å². The predicted molar refractivity (Wildman–Crippen MR) is 99.1 cm³/mol. The standard InChI is InChI=1S/C16H16ClN5O2S/c1-9(7-23)19-14-13-15(20-12(24)6-18-13)22-16(21-14)25-8-10-3-2-4-11(17)5-10/h2-6,9,23H,7-8H2,1H3,(H2,19,20,21,22,24)/t9-/m1/s1. The number of hydrogen-bond donors (Lipinski definition) is 3. The molecule has 1 aromatic carbocycles. The van der Waals surface area contributed by atoms with Crippen LogP contribution in [0.15, 0.2) is 40.4 Å². The average Bonchev–Trinajstić information content (AvgIpc) is 2.59. The van der Waals surface area contributed by atoms with E-state index in [4.69, 9.17) is 11.6 Å². The number of nitrogens with zero attached hydrogens (tertiary/aromatic N) is 3. The second-order valence-corrected chi connectivity index (χ2v) is 6.82. The van der Waals surface area contributed by atoms with Gasteiger partial charge in [0, 0.05) is 16.8 Å². The van der Waals surface area contributed by atoms with E-state index in [1.54, 1.807) is 0 Å². The first-order chi connectivity index (χ1) is 12.0. The van der Waals surface area contributed by atoms with Crippen LogP contribution in [0.1, 0.15) is 12.5 Å². The van der Waals surface area contributed by atoms with Crippen molar-refractivity contribution < 1.29 is 5.11 Å². The van der Waals surface area contributed by atoms with Crippen LogP contribution in [-0.2, 0) is 5.75 Å². The highest BCUT2D eigenvalue weighted by atomic mass is 35.5. The molecule has 0 saturated heterocycles. The Labute approximate surface area is 152 Å². The number of aromatic nitrogens is 4. The third-order valence-electron chi connectivity index (χ3n) is 3.33. The quantitative estimate of drug-likeness (QED) is 0.447. The fourth-order valence-electron chi connectivity index (χ4n) is 2.13. The summed E-state index contributed by atoms with van der Waals surface area (Å²) in [6.07, 6.45) is 1.18. The van der Waals surface area contributed by atoms with Crippen LogP contribution >= 0.6 is 23.4 Å². The van der Waals surface area contributed by atoms with E-state index in [1.165, 1.54) is 18.0 Å². The first-order valence-electron chi connectivity index (χ1n) is 7.57. The zero-order valence-corrected chi connectivity index (χ0v) is 14.9. The number of fused-ring (bicyclic) bond motifs is 1. The van der Waals surface area contributed by atoms with Crippen molar-refractivity contribution in [3.63, 3.8) is 0 Å². The highest BCUT2D eigenvalue weighted by Crippen LogP contribution is 2.25. The van der Waals surface area contributed by atoms with Crippen molar-refractivity contribution in [2.45, 2.75) is 23.9 Å². The molecule has 0 spiro atoms. The van der Waals surface area contributed by atoms with Crippen LogP contribution in [0.25, 0.3) is 11.2 Å². The Bertz CT molecular complexity index is 949. The number of aromatic amines is 1. The van der Waals surface area contributed by atoms with Gasteiger partial charge in [-0.15, -0.1) is 0 Å². The van der Waals surface area contributed by atoms with Crippen LogP contribution in [-0.4, -0.2) is 37.7 Å². The van der Waals surface area contributed by atoms with Gasteiger partial charge in [0.05, 0.1) is 12.8 Å². The maximum atomic E-state index is 11.5. The highest BCUT2D eigenvalue weighted by molar-refractivity contribution is 7.98. The number of thioether (sulfide) groups is 1. The molecule has 3 N–H and O–H groups in total. The summed E-state index contributed by atoms with van der Waals surface area (Å²) in [6.45, 7) is 1.76. The maximum absolute atomic E-state index is 11.5. The molecule has 2 heterocycles. The van der Waals surface area contributed by atoms with Crippen molar-refractivity contribution in [2.24, 2.45) is 0 Å². The van der Waals surface area contributed by atoms with E-state index >= 15 is 0 Å². The van der Waals surface area contributed by atoms with Gasteiger partial charge in [-0.05, 0) is 24.6 Å². The van der Waals surface area contributed by atoms with Crippen LogP contribution in [0.2, 0.25) is 5.02 Å². The minimum atomic E-state index is -0.335. The fraction of sp³-hybridized carbons (Fsp3) is 0.250. The van der Waals surface area contributed by atoms with Crippen molar-refractivity contribution in [3.05, 3.63) is 51.4 Å². The zero-order valence-electron chi connectivity index (χ0n) is 13.4. The van der Waals surface area contributed by atoms with Gasteiger partial charge in [-0.3, -0.25) is 4.79 Å². The Kier molecular flexibility index (Phi) is 5.52. The van der Waals surface area contributed by atoms with E-state index in [2.05, 4.69) is 25.3 Å². The SMILES string of the molecule is C[C@H](CO)Nc1nc(SCc2cccc(Cl)c2)nc2[nH]c(=O)cnc12. The molecule has 0 fully saturated rings. The van der Waals surface area contributed by atoms with Gasteiger partial charge >= 0.3 is 0 Å². The van der Waals surface area contributed by atoms with Gasteiger partial charge in [-0.2, -0.15) is 0 Å². The van der Waals surface area contributed by atoms with Crippen LogP contribution in [0, 0.1) is 0 Å². The molecule has 130 valence electrons. The molecule has 0 unspecified atom stereocenters. The second kappa shape index (κ2) is 7.81. The molecule has 0 bridgehead atoms. The summed E-state index contributed by atoms with van der Waals surface area (Å²) in [5.41, 5.74) is 1.51. The Morgan fingerprint density at radius 2 is 2.24 bits per heavy atom. The Morgan fingerprint density at radius 3 is 3.00 bits per heavy atom. The molecule has 9 heteroatoms. The molecular weight excluding hydrogens is 362 g/mol. The van der Waals surface area contributed by atoms with E-state index in [0.29, 0.717) is 32.9 Å². The third kappa shape index (κ3) is 4.47. The molecule has 3 rings (SSSR count). The van der Waals surface area contributed by atoms with Crippen LogP contribution in [0.3, 0.4) is 0 Å². The lowest BCUT2D eigenvalue weighted by Gasteiger charge is -2.13. The Balaban J connectivity index is 1.92. The monoisotopic (exact) mass is 377 g/mol. The molecule has 0 aliphatic carbocycles. The fourth-order valence-corrected chi connectivity index (χ4v) is 3.13. The Morgan fingerprint density at radius 1 is 1.40 bits per heavy atom. The number of aliphatic hydroxyl groups is 1. The summed E-state index contributed by atoms with van der Waals surface area (Å²) in [4.78, 5) is 27.1. The summed E-state index contributed by atoms with van der Waals surface area (Å²) in [5, 5.41) is 13.5. The van der Waals surface area contributed by atoms with Crippen molar-refractivity contribution in [3.8, 4) is 0 Å². The molecule has 0 radical (unpaired) electrons. The van der Waals surface area contributed by atoms with Crippen molar-refractivity contribution in [1.82, 2.24) is 19.9 Å². The van der Waals surface area contributed by atoms with Crippen molar-refractivity contribution >= 4 is 40.3 Å². The van der Waals surface area contributed by atoms with Gasteiger partial charge in [0.2, 0.25) is 0 Å². The third-order valence-corrected chi connectivity index (χ3v) is 4.48. The highest BCUT2D eigenvalue weighted by Gasteiger charge is 2.12. The van der Waals surface area contributed by atoms with Gasteiger partial charge in [0.25, 0.3) is 5.56 Å². The number of anilines is 1. The van der Waals surface area contributed by atoms with Crippen molar-refractivity contribution in [2.75, 3.05) is 11.9 Å². The maximum Gasteiger partial charge on any atom is 0.268 e. The average molecular weight is 378 g/mol. The number of rotatable bonds is 6. The van der Waals surface area contributed by atoms with Gasteiger partial charge in [-0.25, -0.2) is 15.0 Å². The summed E-state index contributed by atoms with van der Waals surface area (Å²) in [7, 11) is 0. The number of halogens is 1. The summed E-state index contributed by atoms with van der Waals surface area (Å²) < 4.78 is 0. The summed E-state index contributed by atoms with van der Waals surface area (Å²) in [5.74, 6) is 1.10. The molecule has 2 aromatic heterocycles. The van der Waals surface area contributed by atoms with E-state index in [1.807, 2.05) is 31.2 Å². The molecule has 0 amide bonds. The van der Waals surface area contributed by atoms with Crippen LogP contribution in [0.4, 0.5) is 5.82 Å². The van der Waals surface area contributed by atoms with Gasteiger partial charge < -0.3 is 15.4 Å². The van der Waals surface area contributed by atoms with Crippen LogP contribution in [0.5, 0.6) is 0 Å². The minimum absolute atomic E-state index is 0.0557. The largest absolute Gasteiger partial charge is 0.394 e. The summed E-state index contributed by atoms with van der Waals surface area (Å²) in [6, 6.07) is 7.34. The van der Waals surface area contributed by atoms with Gasteiger partial charge in [-0.1, -0.05) is 35.5 Å². The number of aliphatic hydroxyl groups excluding tert-OH is 1. The Hall–Kier alpha value is -2.16. The molecule has 25 heavy (non-hydrogen) atoms. The van der Waals surface area contributed by atoms with E-state index < -0.39 is 0 Å². The van der Waals surface area contributed by atoms with Gasteiger partial charge in [0.15, 0.2) is 16.6 Å². The molecular formula is C16H16ClN5O2S. The molecule has 7 nitrogen and oxygen atoms in total. The normalized spacial score (nSPS) is 12.3. The number of nitrogens with one attached hydrogen (secondary N) is 2. The van der Waals surface area contributed by atoms with Crippen LogP contribution < -0.4 is 10.9 Å². The molecule has 0 aliphatic rings. The summed E-state index contributed by atoms with van der Waals surface area (Å²) >= 11 is 7.42. The lowest BCUT2D eigenvalue weighted by Crippen LogP contribution is -2.21. The molecule has 1 atom stereocenters. The van der Waals surface area contributed by atoms with E-state index in [0.717, 1.165) is 5.56 Å². The minimum Gasteiger partial charge on any atom is -0.394 e. The molecule has 0 saturated carbocycles. The number of H-pyrrole nitrogens is 1. The van der Waals surface area contributed by atoms with Crippen molar-refractivity contribution in [1.29, 1.82) is 0 Å². The second-order valence-electron chi connectivity index (χ2n) is 5.45. The lowest BCUT2D eigenvalue weighted by atomic mass is 10.2. The molecule has 3 aromatic rings. The number of benzene rings is 1. The number of hydrogen-bond acceptors (Lipinski definition) is 7. The first-order valence-corrected chi connectivity index (χ1v) is 8.93. The van der Waals surface area contributed by atoms with E-state index in [-0.39, 0.29) is 18.2 Å². The molecule has 0 aliphatic heterocycles. The van der Waals surface area contributed by atoms with E-state index in [9.17, 15) is 9.90 Å².